The molecule has 0 saturated carbocycles. The van der Waals surface area contributed by atoms with Gasteiger partial charge in [0.15, 0.2) is 12.2 Å². The van der Waals surface area contributed by atoms with Crippen LogP contribution in [-0.2, 0) is 54.1 Å². The van der Waals surface area contributed by atoms with Gasteiger partial charge in [0.25, 0.3) is 0 Å². The lowest BCUT2D eigenvalue weighted by atomic mass is 9.97. The summed E-state index contributed by atoms with van der Waals surface area (Å²) >= 11 is 0. The van der Waals surface area contributed by atoms with E-state index in [1.54, 1.807) is 48.5 Å². The molecule has 0 bridgehead atoms. The van der Waals surface area contributed by atoms with E-state index in [4.69, 9.17) is 28.4 Å². The summed E-state index contributed by atoms with van der Waals surface area (Å²) in [5.41, 5.74) is 1.76. The highest BCUT2D eigenvalue weighted by Crippen LogP contribution is 2.35. The average Bonchev–Trinajstić information content (AvgIpc) is 2.85. The summed E-state index contributed by atoms with van der Waals surface area (Å²) in [5.74, 6) is -3.63. The average molecular weight is 559 g/mol. The minimum atomic E-state index is -1.41. The Hall–Kier alpha value is -4.45. The van der Waals surface area contributed by atoms with Crippen molar-refractivity contribution in [2.45, 2.75) is 64.8 Å². The van der Waals surface area contributed by atoms with Crippen LogP contribution in [0.25, 0.3) is 11.1 Å². The van der Waals surface area contributed by atoms with Crippen molar-refractivity contribution < 1.29 is 57.5 Å². The van der Waals surface area contributed by atoms with Crippen molar-refractivity contribution in [2.75, 3.05) is 6.61 Å². The van der Waals surface area contributed by atoms with Gasteiger partial charge in [0, 0.05) is 33.3 Å². The third-order valence-electron chi connectivity index (χ3n) is 5.67. The molecule has 0 aliphatic carbocycles. The fraction of sp³-hybridized carbons (Fsp3) is 0.393. The Morgan fingerprint density at radius 2 is 1.40 bits per heavy atom. The number of esters is 4. The van der Waals surface area contributed by atoms with Crippen molar-refractivity contribution in [3.63, 3.8) is 0 Å². The number of hydrogen-bond acceptors (Lipinski definition) is 11. The number of carbonyl (C=O) groups excluding carboxylic acids is 4. The smallest absolute Gasteiger partial charge is 0.307 e. The largest absolute Gasteiger partial charge is 0.481 e. The molecule has 1 aliphatic rings. The molecular weight excluding hydrogens is 528 g/mol. The monoisotopic (exact) mass is 558 g/mol. The molecule has 1 aliphatic heterocycles. The van der Waals surface area contributed by atoms with Crippen molar-refractivity contribution in [3.8, 4) is 16.9 Å². The third-order valence-corrected chi connectivity index (χ3v) is 5.67. The highest BCUT2D eigenvalue weighted by Gasteiger charge is 2.53. The van der Waals surface area contributed by atoms with Gasteiger partial charge in [0.05, 0.1) is 6.42 Å². The molecule has 0 spiro atoms. The maximum Gasteiger partial charge on any atom is 0.307 e. The lowest BCUT2D eigenvalue weighted by Crippen LogP contribution is -2.63. The Bertz CT molecular complexity index is 1260. The van der Waals surface area contributed by atoms with E-state index in [0.717, 1.165) is 20.8 Å². The van der Waals surface area contributed by atoms with E-state index in [1.807, 2.05) is 0 Å². The van der Waals surface area contributed by atoms with E-state index in [9.17, 15) is 29.1 Å². The van der Waals surface area contributed by atoms with Crippen LogP contribution in [0.2, 0.25) is 0 Å². The summed E-state index contributed by atoms with van der Waals surface area (Å²) in [4.78, 5) is 58.8. The second-order valence-electron chi connectivity index (χ2n) is 8.95. The van der Waals surface area contributed by atoms with Crippen LogP contribution < -0.4 is 4.74 Å². The van der Waals surface area contributed by atoms with Gasteiger partial charge in [0.1, 0.15) is 18.5 Å². The van der Waals surface area contributed by atoms with Crippen molar-refractivity contribution in [2.24, 2.45) is 0 Å². The summed E-state index contributed by atoms with van der Waals surface area (Å²) in [6, 6.07) is 13.6. The molecule has 214 valence electrons. The first-order chi connectivity index (χ1) is 18.9. The Kier molecular flexibility index (Phi) is 10.2. The van der Waals surface area contributed by atoms with Gasteiger partial charge in [-0.15, -0.1) is 0 Å². The minimum Gasteiger partial charge on any atom is -0.481 e. The van der Waals surface area contributed by atoms with Crippen LogP contribution in [0, 0.1) is 0 Å². The fourth-order valence-electron chi connectivity index (χ4n) is 4.24. The molecule has 0 amide bonds. The van der Waals surface area contributed by atoms with Crippen LogP contribution in [0.3, 0.4) is 0 Å². The number of para-hydroxylation sites is 1. The maximum absolute atomic E-state index is 12.1. The Balaban J connectivity index is 2.05. The van der Waals surface area contributed by atoms with E-state index in [0.29, 0.717) is 16.7 Å². The number of benzene rings is 2. The summed E-state index contributed by atoms with van der Waals surface area (Å²) in [6.45, 7) is 4.18. The molecule has 12 nitrogen and oxygen atoms in total. The number of rotatable bonds is 10. The molecule has 1 saturated heterocycles. The predicted octanol–water partition coefficient (Wildman–Crippen LogP) is 2.44. The number of carbonyl (C=O) groups is 5. The zero-order valence-electron chi connectivity index (χ0n) is 22.4. The van der Waals surface area contributed by atoms with Gasteiger partial charge >= 0.3 is 29.8 Å². The molecule has 2 aromatic rings. The summed E-state index contributed by atoms with van der Waals surface area (Å²) in [6.07, 6.45) is -6.85. The van der Waals surface area contributed by atoms with Gasteiger partial charge in [-0.3, -0.25) is 24.0 Å². The number of carboxylic acids is 1. The van der Waals surface area contributed by atoms with E-state index in [-0.39, 0.29) is 12.2 Å². The van der Waals surface area contributed by atoms with Crippen molar-refractivity contribution in [1.29, 1.82) is 0 Å². The molecule has 12 heteroatoms. The Morgan fingerprint density at radius 1 is 0.775 bits per heavy atom. The molecule has 1 N–H and O–H groups in total. The quantitative estimate of drug-likeness (QED) is 0.335. The molecule has 5 atom stereocenters. The molecule has 0 radical (unpaired) electrons. The molecular formula is C28H30O12. The van der Waals surface area contributed by atoms with Crippen LogP contribution in [0.15, 0.2) is 48.5 Å². The highest BCUT2D eigenvalue weighted by molar-refractivity contribution is 5.74. The molecule has 1 heterocycles. The van der Waals surface area contributed by atoms with Gasteiger partial charge < -0.3 is 33.5 Å². The van der Waals surface area contributed by atoms with Crippen LogP contribution in [-0.4, -0.2) is 72.3 Å². The van der Waals surface area contributed by atoms with Gasteiger partial charge in [-0.2, -0.15) is 0 Å². The predicted molar refractivity (Wildman–Crippen MR) is 136 cm³/mol. The van der Waals surface area contributed by atoms with Crippen LogP contribution in [0.5, 0.6) is 5.75 Å². The first-order valence-corrected chi connectivity index (χ1v) is 12.3. The van der Waals surface area contributed by atoms with Gasteiger partial charge in [-0.05, 0) is 17.2 Å². The maximum atomic E-state index is 12.1. The van der Waals surface area contributed by atoms with Crippen molar-refractivity contribution >= 4 is 29.8 Å². The van der Waals surface area contributed by atoms with Gasteiger partial charge in [0.2, 0.25) is 12.4 Å². The summed E-state index contributed by atoms with van der Waals surface area (Å²) in [7, 11) is 0. The number of ether oxygens (including phenoxy) is 6. The Labute approximate surface area is 230 Å². The number of carboxylic acid groups (broad SMARTS) is 1. The first kappa shape index (κ1) is 30.1. The summed E-state index contributed by atoms with van der Waals surface area (Å²) < 4.78 is 33.6. The molecule has 0 aromatic heterocycles. The highest BCUT2D eigenvalue weighted by atomic mass is 16.7. The molecule has 3 rings (SSSR count). The van der Waals surface area contributed by atoms with Crippen LogP contribution in [0.4, 0.5) is 0 Å². The molecule has 0 unspecified atom stereocenters. The molecule has 40 heavy (non-hydrogen) atoms. The topological polar surface area (TPSA) is 161 Å². The zero-order valence-corrected chi connectivity index (χ0v) is 22.4. The first-order valence-electron chi connectivity index (χ1n) is 12.3. The standard InChI is InChI=1S/C28H30O12/c1-15(29)35-14-23-25(36-16(2)30)26(37-17(3)31)27(38-18(4)32)28(40-23)39-22-11-6-5-10-21(22)20-9-7-8-19(12-20)13-24(33)34/h5-12,23,25-28H,13-14H2,1-4H3,(H,33,34)/t23-,25-,26+,27+,28-/m1/s1. The number of hydrogen-bond donors (Lipinski definition) is 1. The molecule has 2 aromatic carbocycles. The minimum absolute atomic E-state index is 0.184. The third kappa shape index (κ3) is 8.27. The summed E-state index contributed by atoms with van der Waals surface area (Å²) in [5, 5.41) is 9.19. The van der Waals surface area contributed by atoms with E-state index < -0.39 is 67.2 Å². The van der Waals surface area contributed by atoms with E-state index in [1.165, 1.54) is 6.92 Å². The number of aliphatic carboxylic acids is 1. The van der Waals surface area contributed by atoms with Crippen molar-refractivity contribution in [3.05, 3.63) is 54.1 Å². The van der Waals surface area contributed by atoms with Crippen LogP contribution in [0.1, 0.15) is 33.3 Å². The lowest BCUT2D eigenvalue weighted by molar-refractivity contribution is -0.288. The SMILES string of the molecule is CC(=O)OC[C@H]1O[C@@H](Oc2ccccc2-c2cccc(CC(=O)O)c2)[C@@H](OC(C)=O)[C@@H](OC(C)=O)[C@@H]1OC(C)=O. The van der Waals surface area contributed by atoms with E-state index >= 15 is 0 Å². The van der Waals surface area contributed by atoms with Gasteiger partial charge in [-0.1, -0.05) is 42.5 Å². The Morgan fingerprint density at radius 3 is 2.02 bits per heavy atom. The second kappa shape index (κ2) is 13.6. The zero-order chi connectivity index (χ0) is 29.4. The molecule has 1 fully saturated rings. The van der Waals surface area contributed by atoms with E-state index in [2.05, 4.69) is 0 Å². The normalized spacial score (nSPS) is 21.9. The van der Waals surface area contributed by atoms with Crippen molar-refractivity contribution in [1.82, 2.24) is 0 Å². The van der Waals surface area contributed by atoms with Crippen LogP contribution >= 0.6 is 0 Å². The lowest BCUT2D eigenvalue weighted by Gasteiger charge is -2.44. The van der Waals surface area contributed by atoms with Gasteiger partial charge in [-0.25, -0.2) is 0 Å². The fourth-order valence-corrected chi connectivity index (χ4v) is 4.24. The second-order valence-corrected chi connectivity index (χ2v) is 8.95.